The van der Waals surface area contributed by atoms with Crippen LogP contribution in [0, 0.1) is 5.82 Å². The largest absolute Gasteiger partial charge is 0.338 e. The lowest BCUT2D eigenvalue weighted by atomic mass is 10.1. The molecule has 1 aliphatic rings. The van der Waals surface area contributed by atoms with E-state index in [4.69, 9.17) is 4.98 Å². The van der Waals surface area contributed by atoms with Gasteiger partial charge in [-0.3, -0.25) is 4.79 Å². The molecule has 168 valence electrons. The van der Waals surface area contributed by atoms with Crippen LogP contribution in [0.3, 0.4) is 0 Å². The Kier molecular flexibility index (Phi) is 4.91. The normalized spacial score (nSPS) is 14.1. The van der Waals surface area contributed by atoms with Gasteiger partial charge in [-0.15, -0.1) is 10.2 Å². The fourth-order valence-corrected chi connectivity index (χ4v) is 4.47. The van der Waals surface area contributed by atoms with Crippen molar-refractivity contribution < 1.29 is 9.18 Å². The van der Waals surface area contributed by atoms with Crippen LogP contribution in [-0.2, 0) is 0 Å². The SMILES string of the molecule is O=C(c1ccccc1F)N1CCN(c2nc3ccccc3c3nnc(-c4ccccc4)n23)CC1. The number of nitrogens with zero attached hydrogens (tertiary/aromatic N) is 6. The zero-order chi connectivity index (χ0) is 23.1. The van der Waals surface area contributed by atoms with Gasteiger partial charge in [0.1, 0.15) is 5.82 Å². The van der Waals surface area contributed by atoms with Gasteiger partial charge in [-0.2, -0.15) is 0 Å². The zero-order valence-corrected chi connectivity index (χ0v) is 18.3. The highest BCUT2D eigenvalue weighted by atomic mass is 19.1. The standard InChI is InChI=1S/C26H21FN6O/c27-21-12-6-4-10-19(21)25(34)31-14-16-32(17-15-31)26-28-22-13-7-5-11-20(22)24-30-29-23(33(24)26)18-8-2-1-3-9-18/h1-13H,14-17H2. The van der Waals surface area contributed by atoms with E-state index in [1.54, 1.807) is 17.0 Å². The number of piperazine rings is 1. The molecule has 2 aromatic heterocycles. The molecule has 1 fully saturated rings. The van der Waals surface area contributed by atoms with Crippen LogP contribution in [0.5, 0.6) is 0 Å². The Labute approximate surface area is 195 Å². The van der Waals surface area contributed by atoms with Gasteiger partial charge in [-0.1, -0.05) is 54.6 Å². The predicted molar refractivity (Wildman–Crippen MR) is 128 cm³/mol. The fraction of sp³-hybridized carbons (Fsp3) is 0.154. The molecule has 8 heteroatoms. The van der Waals surface area contributed by atoms with Crippen LogP contribution in [0.25, 0.3) is 27.9 Å². The number of rotatable bonds is 3. The van der Waals surface area contributed by atoms with Gasteiger partial charge in [-0.05, 0) is 24.3 Å². The maximum absolute atomic E-state index is 14.1. The third-order valence-corrected chi connectivity index (χ3v) is 6.21. The Morgan fingerprint density at radius 1 is 0.794 bits per heavy atom. The second-order valence-corrected chi connectivity index (χ2v) is 8.24. The number of benzene rings is 3. The first-order valence-electron chi connectivity index (χ1n) is 11.2. The van der Waals surface area contributed by atoms with Gasteiger partial charge in [0.15, 0.2) is 11.5 Å². The molecule has 6 rings (SSSR count). The molecule has 0 atom stereocenters. The number of carbonyl (C=O) groups excluding carboxylic acids is 1. The van der Waals surface area contributed by atoms with E-state index in [1.165, 1.54) is 12.1 Å². The van der Waals surface area contributed by atoms with Crippen LogP contribution < -0.4 is 4.90 Å². The van der Waals surface area contributed by atoms with Crippen molar-refractivity contribution in [2.24, 2.45) is 0 Å². The average Bonchev–Trinajstić information content (AvgIpc) is 3.34. The topological polar surface area (TPSA) is 66.6 Å². The molecule has 0 radical (unpaired) electrons. The summed E-state index contributed by atoms with van der Waals surface area (Å²) in [6.07, 6.45) is 0. The molecule has 5 aromatic rings. The molecule has 0 aliphatic carbocycles. The number of amides is 1. The molecular formula is C26H21FN6O. The molecule has 3 aromatic carbocycles. The highest BCUT2D eigenvalue weighted by Gasteiger charge is 2.27. The van der Waals surface area contributed by atoms with Crippen molar-refractivity contribution in [3.63, 3.8) is 0 Å². The second kappa shape index (κ2) is 8.22. The highest BCUT2D eigenvalue weighted by Crippen LogP contribution is 2.29. The molecule has 0 spiro atoms. The number of anilines is 1. The molecule has 0 unspecified atom stereocenters. The molecule has 0 N–H and O–H groups in total. The van der Waals surface area contributed by atoms with Crippen LogP contribution in [0.1, 0.15) is 10.4 Å². The molecule has 0 bridgehead atoms. The van der Waals surface area contributed by atoms with Gasteiger partial charge in [0.25, 0.3) is 5.91 Å². The van der Waals surface area contributed by atoms with Gasteiger partial charge in [-0.25, -0.2) is 13.8 Å². The number of aromatic nitrogens is 4. The lowest BCUT2D eigenvalue weighted by Gasteiger charge is -2.35. The molecule has 1 aliphatic heterocycles. The van der Waals surface area contributed by atoms with Crippen LogP contribution in [0.15, 0.2) is 78.9 Å². The van der Waals surface area contributed by atoms with Crippen molar-refractivity contribution in [1.29, 1.82) is 0 Å². The summed E-state index contributed by atoms with van der Waals surface area (Å²) in [6, 6.07) is 23.9. The van der Waals surface area contributed by atoms with E-state index in [1.807, 2.05) is 59.0 Å². The first-order valence-corrected chi connectivity index (χ1v) is 11.2. The first-order chi connectivity index (χ1) is 16.7. The van der Waals surface area contributed by atoms with Crippen molar-refractivity contribution >= 4 is 28.4 Å². The first kappa shape index (κ1) is 20.3. The number of fused-ring (bicyclic) bond motifs is 3. The summed E-state index contributed by atoms with van der Waals surface area (Å²) in [4.78, 5) is 21.7. The minimum Gasteiger partial charge on any atom is -0.338 e. The van der Waals surface area contributed by atoms with Crippen LogP contribution in [0.4, 0.5) is 10.3 Å². The van der Waals surface area contributed by atoms with Gasteiger partial charge in [0.05, 0.1) is 11.1 Å². The van der Waals surface area contributed by atoms with Crippen molar-refractivity contribution in [3.8, 4) is 11.4 Å². The van der Waals surface area contributed by atoms with E-state index < -0.39 is 5.82 Å². The van der Waals surface area contributed by atoms with Crippen molar-refractivity contribution in [3.05, 3.63) is 90.2 Å². The maximum atomic E-state index is 14.1. The van der Waals surface area contributed by atoms with E-state index in [2.05, 4.69) is 15.1 Å². The Bertz CT molecular complexity index is 1510. The Morgan fingerprint density at radius 3 is 2.29 bits per heavy atom. The monoisotopic (exact) mass is 452 g/mol. The minimum absolute atomic E-state index is 0.104. The second-order valence-electron chi connectivity index (χ2n) is 8.24. The fourth-order valence-electron chi connectivity index (χ4n) is 4.47. The van der Waals surface area contributed by atoms with Crippen LogP contribution >= 0.6 is 0 Å². The summed E-state index contributed by atoms with van der Waals surface area (Å²) in [5.41, 5.74) is 2.63. The van der Waals surface area contributed by atoms with Gasteiger partial charge >= 0.3 is 0 Å². The maximum Gasteiger partial charge on any atom is 0.256 e. The van der Waals surface area contributed by atoms with E-state index >= 15 is 0 Å². The van der Waals surface area contributed by atoms with Crippen molar-refractivity contribution in [1.82, 2.24) is 24.5 Å². The van der Waals surface area contributed by atoms with Crippen molar-refractivity contribution in [2.45, 2.75) is 0 Å². The summed E-state index contributed by atoms with van der Waals surface area (Å²) < 4.78 is 16.1. The Morgan fingerprint density at radius 2 is 1.50 bits per heavy atom. The zero-order valence-electron chi connectivity index (χ0n) is 18.3. The quantitative estimate of drug-likeness (QED) is 0.413. The van der Waals surface area contributed by atoms with E-state index in [9.17, 15) is 9.18 Å². The van der Waals surface area contributed by atoms with Crippen LogP contribution in [0.2, 0.25) is 0 Å². The third-order valence-electron chi connectivity index (χ3n) is 6.21. The Balaban J connectivity index is 1.38. The number of hydrogen-bond donors (Lipinski definition) is 0. The molecule has 0 saturated carbocycles. The average molecular weight is 452 g/mol. The molecular weight excluding hydrogens is 431 g/mol. The third kappa shape index (κ3) is 3.35. The molecule has 7 nitrogen and oxygen atoms in total. The summed E-state index contributed by atoms with van der Waals surface area (Å²) in [6.45, 7) is 2.05. The van der Waals surface area contributed by atoms with Crippen molar-refractivity contribution in [2.75, 3.05) is 31.1 Å². The highest BCUT2D eigenvalue weighted by molar-refractivity contribution is 5.95. The van der Waals surface area contributed by atoms with Gasteiger partial charge in [0.2, 0.25) is 5.95 Å². The number of carbonyl (C=O) groups is 1. The van der Waals surface area contributed by atoms with Gasteiger partial charge < -0.3 is 9.80 Å². The molecule has 34 heavy (non-hydrogen) atoms. The van der Waals surface area contributed by atoms with E-state index in [0.29, 0.717) is 32.0 Å². The summed E-state index contributed by atoms with van der Waals surface area (Å²) in [5.74, 6) is 0.665. The summed E-state index contributed by atoms with van der Waals surface area (Å²) >= 11 is 0. The van der Waals surface area contributed by atoms with Crippen LogP contribution in [-0.4, -0.2) is 56.6 Å². The molecule has 1 saturated heterocycles. The number of para-hydroxylation sites is 1. The smallest absolute Gasteiger partial charge is 0.256 e. The lowest BCUT2D eigenvalue weighted by Crippen LogP contribution is -2.49. The summed E-state index contributed by atoms with van der Waals surface area (Å²) in [5, 5.41) is 9.94. The predicted octanol–water partition coefficient (Wildman–Crippen LogP) is 4.05. The summed E-state index contributed by atoms with van der Waals surface area (Å²) in [7, 11) is 0. The Hall–Kier alpha value is -4.33. The van der Waals surface area contributed by atoms with Gasteiger partial charge in [0, 0.05) is 37.1 Å². The number of halogens is 1. The number of hydrogen-bond acceptors (Lipinski definition) is 5. The van der Waals surface area contributed by atoms with E-state index in [-0.39, 0.29) is 11.5 Å². The van der Waals surface area contributed by atoms with E-state index in [0.717, 1.165) is 28.1 Å². The molecule has 1 amide bonds. The molecule has 3 heterocycles. The lowest BCUT2D eigenvalue weighted by molar-refractivity contribution is 0.0741. The minimum atomic E-state index is -0.496.